The van der Waals surface area contributed by atoms with Crippen LogP contribution in [0.3, 0.4) is 0 Å². The number of aromatic amines is 1. The van der Waals surface area contributed by atoms with E-state index in [4.69, 9.17) is 0 Å². The van der Waals surface area contributed by atoms with Crippen LogP contribution in [-0.2, 0) is 16.6 Å². The maximum atomic E-state index is 13.3. The lowest BCUT2D eigenvalue weighted by atomic mass is 10.2. The summed E-state index contributed by atoms with van der Waals surface area (Å²) < 4.78 is 40.4. The number of nitrogens with one attached hydrogen (secondary N) is 2. The average Bonchev–Trinajstić information content (AvgIpc) is 2.95. The van der Waals surface area contributed by atoms with Crippen LogP contribution in [0, 0.1) is 12.7 Å². The maximum absolute atomic E-state index is 13.3. The molecule has 0 aliphatic heterocycles. The SMILES string of the molecule is Cc1ccc(F)cc1S(=O)(=O)NCc1ccc2cc[nH]c2c1. The summed E-state index contributed by atoms with van der Waals surface area (Å²) in [4.78, 5) is 3.04. The van der Waals surface area contributed by atoms with Gasteiger partial charge in [-0.05, 0) is 47.7 Å². The number of H-pyrrole nitrogens is 1. The summed E-state index contributed by atoms with van der Waals surface area (Å²) in [7, 11) is -3.75. The van der Waals surface area contributed by atoms with Gasteiger partial charge in [-0.25, -0.2) is 17.5 Å². The molecule has 1 aromatic heterocycles. The van der Waals surface area contributed by atoms with Gasteiger partial charge in [-0.2, -0.15) is 0 Å². The quantitative estimate of drug-likeness (QED) is 0.776. The predicted molar refractivity (Wildman–Crippen MR) is 83.5 cm³/mol. The van der Waals surface area contributed by atoms with Gasteiger partial charge in [0, 0.05) is 18.3 Å². The first kappa shape index (κ1) is 14.7. The van der Waals surface area contributed by atoms with Gasteiger partial charge in [-0.3, -0.25) is 0 Å². The van der Waals surface area contributed by atoms with Gasteiger partial charge in [0.05, 0.1) is 4.90 Å². The Labute approximate surface area is 128 Å². The summed E-state index contributed by atoms with van der Waals surface area (Å²) in [6.07, 6.45) is 1.83. The lowest BCUT2D eigenvalue weighted by Crippen LogP contribution is -2.24. The summed E-state index contributed by atoms with van der Waals surface area (Å²) in [6, 6.07) is 11.3. The average molecular weight is 318 g/mol. The zero-order chi connectivity index (χ0) is 15.7. The minimum atomic E-state index is -3.75. The zero-order valence-electron chi connectivity index (χ0n) is 11.9. The molecule has 6 heteroatoms. The normalized spacial score (nSPS) is 11.9. The Bertz CT molecular complexity index is 932. The Kier molecular flexibility index (Phi) is 3.72. The summed E-state index contributed by atoms with van der Waals surface area (Å²) in [6.45, 7) is 1.78. The molecule has 0 spiro atoms. The second-order valence-corrected chi connectivity index (χ2v) is 6.87. The van der Waals surface area contributed by atoms with E-state index in [0.29, 0.717) is 5.56 Å². The van der Waals surface area contributed by atoms with Gasteiger partial charge >= 0.3 is 0 Å². The summed E-state index contributed by atoms with van der Waals surface area (Å²) in [5.74, 6) is -0.571. The van der Waals surface area contributed by atoms with Crippen LogP contribution < -0.4 is 4.72 Å². The van der Waals surface area contributed by atoms with Crippen molar-refractivity contribution in [1.82, 2.24) is 9.71 Å². The molecular weight excluding hydrogens is 303 g/mol. The number of aromatic nitrogens is 1. The molecule has 0 radical (unpaired) electrons. The standard InChI is InChI=1S/C16H15FN2O2S/c1-11-2-5-14(17)9-16(11)22(20,21)19-10-12-3-4-13-6-7-18-15(13)8-12/h2-9,18-19H,10H2,1H3. The van der Waals surface area contributed by atoms with Gasteiger partial charge in [0.2, 0.25) is 10.0 Å². The van der Waals surface area contributed by atoms with Crippen molar-refractivity contribution in [1.29, 1.82) is 0 Å². The van der Waals surface area contributed by atoms with Crippen LogP contribution in [0.2, 0.25) is 0 Å². The third-order valence-electron chi connectivity index (χ3n) is 3.53. The molecule has 0 aliphatic carbocycles. The van der Waals surface area contributed by atoms with Crippen molar-refractivity contribution in [2.24, 2.45) is 0 Å². The number of rotatable bonds is 4. The highest BCUT2D eigenvalue weighted by Gasteiger charge is 2.17. The minimum absolute atomic E-state index is 0.0338. The van der Waals surface area contributed by atoms with Crippen molar-refractivity contribution in [3.63, 3.8) is 0 Å². The molecule has 3 rings (SSSR count). The van der Waals surface area contributed by atoms with E-state index in [-0.39, 0.29) is 11.4 Å². The fraction of sp³-hybridized carbons (Fsp3) is 0.125. The first-order chi connectivity index (χ1) is 10.5. The van der Waals surface area contributed by atoms with Gasteiger partial charge in [0.15, 0.2) is 0 Å². The number of fused-ring (bicyclic) bond motifs is 1. The maximum Gasteiger partial charge on any atom is 0.241 e. The molecule has 0 saturated heterocycles. The largest absolute Gasteiger partial charge is 0.361 e. The van der Waals surface area contributed by atoms with Gasteiger partial charge in [0.25, 0.3) is 0 Å². The number of aryl methyl sites for hydroxylation is 1. The molecule has 4 nitrogen and oxygen atoms in total. The second kappa shape index (κ2) is 5.55. The third-order valence-corrected chi connectivity index (χ3v) is 5.07. The van der Waals surface area contributed by atoms with Gasteiger partial charge < -0.3 is 4.98 Å². The topological polar surface area (TPSA) is 62.0 Å². The Hall–Kier alpha value is -2.18. The molecule has 3 aromatic rings. The molecule has 0 unspecified atom stereocenters. The zero-order valence-corrected chi connectivity index (χ0v) is 12.7. The molecule has 1 heterocycles. The molecule has 0 bridgehead atoms. The van der Waals surface area contributed by atoms with Crippen molar-refractivity contribution in [2.45, 2.75) is 18.4 Å². The summed E-state index contributed by atoms with van der Waals surface area (Å²) >= 11 is 0. The molecule has 0 saturated carbocycles. The first-order valence-electron chi connectivity index (χ1n) is 6.77. The van der Waals surface area contributed by atoms with Crippen molar-refractivity contribution in [2.75, 3.05) is 0 Å². The van der Waals surface area contributed by atoms with Gasteiger partial charge in [0.1, 0.15) is 5.82 Å². The minimum Gasteiger partial charge on any atom is -0.361 e. The van der Waals surface area contributed by atoms with E-state index >= 15 is 0 Å². The Morgan fingerprint density at radius 2 is 1.95 bits per heavy atom. The highest BCUT2D eigenvalue weighted by Crippen LogP contribution is 2.18. The van der Waals surface area contributed by atoms with Crippen LogP contribution in [0.4, 0.5) is 4.39 Å². The fourth-order valence-corrected chi connectivity index (χ4v) is 3.60. The Morgan fingerprint density at radius 1 is 1.14 bits per heavy atom. The van der Waals surface area contributed by atoms with Crippen LogP contribution >= 0.6 is 0 Å². The van der Waals surface area contributed by atoms with Crippen molar-refractivity contribution in [3.8, 4) is 0 Å². The molecule has 0 fully saturated rings. The number of hydrogen-bond acceptors (Lipinski definition) is 2. The van der Waals surface area contributed by atoms with Crippen LogP contribution in [-0.4, -0.2) is 13.4 Å². The van der Waals surface area contributed by atoms with Gasteiger partial charge in [-0.1, -0.05) is 18.2 Å². The Balaban J connectivity index is 1.83. The van der Waals surface area contributed by atoms with E-state index in [0.717, 1.165) is 22.5 Å². The Morgan fingerprint density at radius 3 is 2.77 bits per heavy atom. The second-order valence-electron chi connectivity index (χ2n) is 5.13. The first-order valence-corrected chi connectivity index (χ1v) is 8.26. The van der Waals surface area contributed by atoms with E-state index in [9.17, 15) is 12.8 Å². The van der Waals surface area contributed by atoms with Crippen LogP contribution in [0.1, 0.15) is 11.1 Å². The van der Waals surface area contributed by atoms with Crippen molar-refractivity contribution >= 4 is 20.9 Å². The van der Waals surface area contributed by atoms with E-state index in [1.165, 1.54) is 12.1 Å². The van der Waals surface area contributed by atoms with E-state index < -0.39 is 15.8 Å². The number of sulfonamides is 1. The van der Waals surface area contributed by atoms with Crippen LogP contribution in [0.5, 0.6) is 0 Å². The summed E-state index contributed by atoms with van der Waals surface area (Å²) in [5, 5.41) is 1.06. The molecule has 0 aliphatic rings. The lowest BCUT2D eigenvalue weighted by Gasteiger charge is -2.09. The van der Waals surface area contributed by atoms with Crippen LogP contribution in [0.25, 0.3) is 10.9 Å². The number of halogens is 1. The van der Waals surface area contributed by atoms with E-state index in [2.05, 4.69) is 9.71 Å². The fourth-order valence-electron chi connectivity index (χ4n) is 2.32. The number of benzene rings is 2. The van der Waals surface area contributed by atoms with E-state index in [1.807, 2.05) is 30.5 Å². The smallest absolute Gasteiger partial charge is 0.241 e. The molecule has 0 atom stereocenters. The lowest BCUT2D eigenvalue weighted by molar-refractivity contribution is 0.576. The van der Waals surface area contributed by atoms with Gasteiger partial charge in [-0.15, -0.1) is 0 Å². The van der Waals surface area contributed by atoms with Crippen molar-refractivity contribution < 1.29 is 12.8 Å². The third kappa shape index (κ3) is 2.88. The van der Waals surface area contributed by atoms with Crippen LogP contribution in [0.15, 0.2) is 53.6 Å². The molecule has 0 amide bonds. The van der Waals surface area contributed by atoms with Crippen molar-refractivity contribution in [3.05, 3.63) is 65.6 Å². The molecule has 2 N–H and O–H groups in total. The summed E-state index contributed by atoms with van der Waals surface area (Å²) in [5.41, 5.74) is 2.28. The molecule has 22 heavy (non-hydrogen) atoms. The molecular formula is C16H15FN2O2S. The van der Waals surface area contributed by atoms with E-state index in [1.54, 1.807) is 6.92 Å². The molecule has 114 valence electrons. The molecule has 2 aromatic carbocycles. The number of hydrogen-bond donors (Lipinski definition) is 2. The highest BCUT2D eigenvalue weighted by molar-refractivity contribution is 7.89. The monoisotopic (exact) mass is 318 g/mol. The predicted octanol–water partition coefficient (Wildman–Crippen LogP) is 3.09. The highest BCUT2D eigenvalue weighted by atomic mass is 32.2.